The second kappa shape index (κ2) is 7.40. The fourth-order valence-electron chi connectivity index (χ4n) is 2.31. The Kier molecular flexibility index (Phi) is 5.79. The fraction of sp³-hybridized carbons (Fsp3) is 0.615. The number of hydrogen-bond donors (Lipinski definition) is 2. The van der Waals surface area contributed by atoms with Crippen LogP contribution in [0, 0.1) is 5.92 Å². The molecular weight excluding hydrogens is 328 g/mol. The van der Waals surface area contributed by atoms with E-state index in [4.69, 9.17) is 4.74 Å². The smallest absolute Gasteiger partial charge is 0.348 e. The van der Waals surface area contributed by atoms with Crippen LogP contribution in [0.25, 0.3) is 0 Å². The number of esters is 1. The van der Waals surface area contributed by atoms with Gasteiger partial charge in [0.15, 0.2) is 9.96 Å². The van der Waals surface area contributed by atoms with Gasteiger partial charge < -0.3 is 14.8 Å². The number of ether oxygens (including phenoxy) is 2. The van der Waals surface area contributed by atoms with Crippen LogP contribution in [0.3, 0.4) is 0 Å². The van der Waals surface area contributed by atoms with Crippen molar-refractivity contribution in [1.82, 2.24) is 10.0 Å². The van der Waals surface area contributed by atoms with Gasteiger partial charge in [-0.1, -0.05) is 0 Å². The van der Waals surface area contributed by atoms with Crippen LogP contribution in [-0.4, -0.2) is 48.2 Å². The topological polar surface area (TPSA) is 93.7 Å². The summed E-state index contributed by atoms with van der Waals surface area (Å²) in [5, 5.41) is 3.25. The number of sulfonamides is 1. The molecule has 0 spiro atoms. The molecular formula is C13H20N2O5S2. The number of carbonyl (C=O) groups excluding carboxylic acids is 1. The van der Waals surface area contributed by atoms with Gasteiger partial charge in [-0.3, -0.25) is 0 Å². The predicted molar refractivity (Wildman–Crippen MR) is 83.0 cm³/mol. The molecule has 0 aliphatic carbocycles. The third-order valence-corrected chi connectivity index (χ3v) is 6.60. The van der Waals surface area contributed by atoms with Crippen LogP contribution >= 0.6 is 11.3 Å². The lowest BCUT2D eigenvalue weighted by atomic mass is 10.1. The highest BCUT2D eigenvalue weighted by molar-refractivity contribution is 7.91. The van der Waals surface area contributed by atoms with Crippen molar-refractivity contribution in [2.24, 2.45) is 5.92 Å². The first-order chi connectivity index (χ1) is 10.5. The summed E-state index contributed by atoms with van der Waals surface area (Å²) in [5.74, 6) is 0.0702. The zero-order valence-electron chi connectivity index (χ0n) is 12.5. The summed E-state index contributed by atoms with van der Waals surface area (Å²) >= 11 is 0.844. The van der Waals surface area contributed by atoms with Crippen LogP contribution in [-0.2, 0) is 14.8 Å². The highest BCUT2D eigenvalue weighted by Gasteiger charge is 2.26. The van der Waals surface area contributed by atoms with E-state index in [1.165, 1.54) is 20.3 Å². The van der Waals surface area contributed by atoms with Crippen LogP contribution in [0.2, 0.25) is 0 Å². The lowest BCUT2D eigenvalue weighted by Crippen LogP contribution is -2.26. The van der Waals surface area contributed by atoms with E-state index in [1.54, 1.807) is 0 Å². The summed E-state index contributed by atoms with van der Waals surface area (Å²) in [6.45, 7) is 2.28. The van der Waals surface area contributed by atoms with Gasteiger partial charge in [0.2, 0.25) is 0 Å². The molecule has 1 aliphatic heterocycles. The van der Waals surface area contributed by atoms with E-state index in [1.807, 2.05) is 0 Å². The Morgan fingerprint density at radius 3 is 2.86 bits per heavy atom. The van der Waals surface area contributed by atoms with Crippen molar-refractivity contribution in [2.45, 2.75) is 17.1 Å². The molecule has 1 aliphatic rings. The zero-order valence-corrected chi connectivity index (χ0v) is 14.2. The quantitative estimate of drug-likeness (QED) is 0.709. The summed E-state index contributed by atoms with van der Waals surface area (Å²) in [4.78, 5) is 11.7. The lowest BCUT2D eigenvalue weighted by molar-refractivity contribution is 0.0606. The minimum absolute atomic E-state index is 0.0000491. The van der Waals surface area contributed by atoms with E-state index in [-0.39, 0.29) is 14.8 Å². The maximum Gasteiger partial charge on any atom is 0.348 e. The van der Waals surface area contributed by atoms with E-state index in [2.05, 4.69) is 14.8 Å². The standard InChI is InChI=1S/C13H20N2O5S2/c1-19-10-7-11(12(16)20-2)21-13(10)22(17,18)15-6-4-9-3-5-14-8-9/h7,9,14-15H,3-6,8H2,1-2H3. The summed E-state index contributed by atoms with van der Waals surface area (Å²) in [6.07, 6.45) is 1.85. The predicted octanol–water partition coefficient (Wildman–Crippen LogP) is 0.821. The molecule has 1 fully saturated rings. The molecule has 124 valence electrons. The van der Waals surface area contributed by atoms with E-state index < -0.39 is 16.0 Å². The van der Waals surface area contributed by atoms with Gasteiger partial charge in [-0.15, -0.1) is 11.3 Å². The highest BCUT2D eigenvalue weighted by Crippen LogP contribution is 2.33. The highest BCUT2D eigenvalue weighted by atomic mass is 32.2. The molecule has 0 radical (unpaired) electrons. The summed E-state index contributed by atoms with van der Waals surface area (Å²) in [7, 11) is -1.09. The molecule has 22 heavy (non-hydrogen) atoms. The molecule has 1 atom stereocenters. The van der Waals surface area contributed by atoms with Crippen LogP contribution < -0.4 is 14.8 Å². The van der Waals surface area contributed by atoms with Crippen molar-refractivity contribution in [1.29, 1.82) is 0 Å². The largest absolute Gasteiger partial charge is 0.494 e. The van der Waals surface area contributed by atoms with Crippen LogP contribution in [0.4, 0.5) is 0 Å². The molecule has 9 heteroatoms. The third kappa shape index (κ3) is 3.97. The number of rotatable bonds is 7. The maximum atomic E-state index is 12.4. The van der Waals surface area contributed by atoms with Crippen molar-refractivity contribution in [3.05, 3.63) is 10.9 Å². The van der Waals surface area contributed by atoms with E-state index >= 15 is 0 Å². The SMILES string of the molecule is COC(=O)c1cc(OC)c(S(=O)(=O)NCCC2CCNC2)s1. The van der Waals surface area contributed by atoms with Gasteiger partial charge >= 0.3 is 5.97 Å². The first-order valence-electron chi connectivity index (χ1n) is 6.94. The number of hydrogen-bond acceptors (Lipinski definition) is 7. The monoisotopic (exact) mass is 348 g/mol. The first kappa shape index (κ1) is 17.2. The Bertz CT molecular complexity index is 620. The minimum atomic E-state index is -3.70. The van der Waals surface area contributed by atoms with E-state index in [0.29, 0.717) is 12.5 Å². The van der Waals surface area contributed by atoms with Gasteiger partial charge in [0.25, 0.3) is 10.0 Å². The molecule has 1 unspecified atom stereocenters. The van der Waals surface area contributed by atoms with Gasteiger partial charge in [0.05, 0.1) is 14.2 Å². The molecule has 1 aromatic rings. The summed E-state index contributed by atoms with van der Waals surface area (Å²) in [6, 6.07) is 1.38. The Balaban J connectivity index is 2.07. The van der Waals surface area contributed by atoms with Crippen molar-refractivity contribution in [3.63, 3.8) is 0 Å². The third-order valence-electron chi connectivity index (χ3n) is 3.52. The van der Waals surface area contributed by atoms with Gasteiger partial charge in [0.1, 0.15) is 4.88 Å². The van der Waals surface area contributed by atoms with Crippen LogP contribution in [0.1, 0.15) is 22.5 Å². The molecule has 0 aromatic carbocycles. The molecule has 2 heterocycles. The Morgan fingerprint density at radius 2 is 2.27 bits per heavy atom. The number of nitrogens with one attached hydrogen (secondary N) is 2. The van der Waals surface area contributed by atoms with Gasteiger partial charge in [0, 0.05) is 12.6 Å². The molecule has 7 nitrogen and oxygen atoms in total. The normalized spacial score (nSPS) is 18.4. The molecule has 0 bridgehead atoms. The molecule has 1 aromatic heterocycles. The summed E-state index contributed by atoms with van der Waals surface area (Å²) < 4.78 is 37.0. The number of thiophene rings is 1. The van der Waals surface area contributed by atoms with Gasteiger partial charge in [-0.25, -0.2) is 17.9 Å². The number of carbonyl (C=O) groups is 1. The Morgan fingerprint density at radius 1 is 1.50 bits per heavy atom. The van der Waals surface area contributed by atoms with Crippen molar-refractivity contribution in [3.8, 4) is 5.75 Å². The Labute approximate surface area is 134 Å². The molecule has 2 N–H and O–H groups in total. The van der Waals surface area contributed by atoms with E-state index in [9.17, 15) is 13.2 Å². The average molecular weight is 348 g/mol. The zero-order chi connectivity index (χ0) is 16.2. The van der Waals surface area contributed by atoms with Crippen molar-refractivity contribution < 1.29 is 22.7 Å². The first-order valence-corrected chi connectivity index (χ1v) is 9.24. The number of methoxy groups -OCH3 is 2. The van der Waals surface area contributed by atoms with Crippen molar-refractivity contribution >= 4 is 27.3 Å². The minimum Gasteiger partial charge on any atom is -0.494 e. The van der Waals surface area contributed by atoms with Crippen molar-refractivity contribution in [2.75, 3.05) is 33.9 Å². The van der Waals surface area contributed by atoms with Crippen LogP contribution in [0.15, 0.2) is 10.3 Å². The molecule has 1 saturated heterocycles. The lowest BCUT2D eigenvalue weighted by Gasteiger charge is -2.09. The molecule has 0 amide bonds. The van der Waals surface area contributed by atoms with E-state index in [0.717, 1.165) is 37.3 Å². The van der Waals surface area contributed by atoms with Gasteiger partial charge in [-0.05, 0) is 31.8 Å². The molecule has 2 rings (SSSR count). The second-order valence-corrected chi connectivity index (χ2v) is 8.02. The van der Waals surface area contributed by atoms with Gasteiger partial charge in [-0.2, -0.15) is 0 Å². The summed E-state index contributed by atoms with van der Waals surface area (Å²) in [5.41, 5.74) is 0. The average Bonchev–Trinajstić information content (AvgIpc) is 3.15. The fourth-order valence-corrected chi connectivity index (χ4v) is 4.90. The Hall–Kier alpha value is -1.16. The maximum absolute atomic E-state index is 12.4. The van der Waals surface area contributed by atoms with Crippen LogP contribution in [0.5, 0.6) is 5.75 Å². The second-order valence-electron chi connectivity index (χ2n) is 5.00. The molecule has 0 saturated carbocycles.